The van der Waals surface area contributed by atoms with Crippen molar-refractivity contribution in [3.63, 3.8) is 0 Å². The minimum atomic E-state index is -4.52. The molecule has 3 rings (SSSR count). The van der Waals surface area contributed by atoms with Gasteiger partial charge in [0, 0.05) is 23.5 Å². The summed E-state index contributed by atoms with van der Waals surface area (Å²) in [4.78, 5) is 24.9. The molecule has 0 aliphatic carbocycles. The molecule has 0 saturated heterocycles. The van der Waals surface area contributed by atoms with Crippen molar-refractivity contribution >= 4 is 44.6 Å². The molecule has 0 bridgehead atoms. The number of aromatic nitrogens is 1. The molecule has 1 amide bonds. The summed E-state index contributed by atoms with van der Waals surface area (Å²) in [6.07, 6.45) is -0.333. The summed E-state index contributed by atoms with van der Waals surface area (Å²) in [5.74, 6) is -3.25. The maximum Gasteiger partial charge on any atom is 0.267 e. The zero-order chi connectivity index (χ0) is 29.7. The second-order valence-electron chi connectivity index (χ2n) is 5.70. The summed E-state index contributed by atoms with van der Waals surface area (Å²) in [6, 6.07) is 2.40. The van der Waals surface area contributed by atoms with Crippen LogP contribution in [0.15, 0.2) is 39.2 Å². The van der Waals surface area contributed by atoms with Crippen molar-refractivity contribution < 1.29 is 36.2 Å². The second-order valence-corrected chi connectivity index (χ2v) is 8.26. The topological polar surface area (TPSA) is 118 Å². The van der Waals surface area contributed by atoms with Crippen molar-refractivity contribution in [1.82, 2.24) is 5.16 Å². The number of nitrogens with one attached hydrogen (secondary N) is 2. The Labute approximate surface area is 186 Å². The van der Waals surface area contributed by atoms with Gasteiger partial charge in [0.1, 0.15) is 9.77 Å². The molecule has 0 fully saturated rings. The molecule has 2 heterocycles. The quantitative estimate of drug-likeness (QED) is 0.558. The van der Waals surface area contributed by atoms with E-state index in [1.807, 2.05) is 4.72 Å². The van der Waals surface area contributed by atoms with Crippen LogP contribution in [0.1, 0.15) is 57.3 Å². The van der Waals surface area contributed by atoms with Gasteiger partial charge in [-0.05, 0) is 56.1 Å². The lowest BCUT2D eigenvalue weighted by molar-refractivity contribution is 0.101. The molecule has 0 radical (unpaired) electrons. The van der Waals surface area contributed by atoms with Crippen LogP contribution in [0.5, 0.6) is 0 Å². The second kappa shape index (κ2) is 7.80. The van der Waals surface area contributed by atoms with Gasteiger partial charge < -0.3 is 9.84 Å². The van der Waals surface area contributed by atoms with E-state index in [1.54, 1.807) is 0 Å². The highest BCUT2D eigenvalue weighted by Gasteiger charge is 2.27. The molecule has 1 aromatic carbocycles. The molecule has 8 nitrogen and oxygen atoms in total. The fourth-order valence-electron chi connectivity index (χ4n) is 2.33. The van der Waals surface area contributed by atoms with E-state index < -0.39 is 74.4 Å². The number of amides is 1. The molecular weight excluding hydrogens is 414 g/mol. The third-order valence-electron chi connectivity index (χ3n) is 3.66. The Morgan fingerprint density at radius 1 is 1.28 bits per heavy atom. The first-order chi connectivity index (χ1) is 17.6. The Kier molecular flexibility index (Phi) is 3.03. The van der Waals surface area contributed by atoms with Crippen molar-refractivity contribution in [2.24, 2.45) is 0 Å². The molecular formula is C19H19N3O5S2. The van der Waals surface area contributed by atoms with Gasteiger partial charge in [0.25, 0.3) is 15.9 Å². The highest BCUT2D eigenvalue weighted by molar-refractivity contribution is 7.93. The van der Waals surface area contributed by atoms with Crippen LogP contribution in [0.3, 0.4) is 0 Å². The number of benzene rings is 1. The average molecular weight is 444 g/mol. The first kappa shape index (κ1) is 11.3. The Morgan fingerprint density at radius 2 is 2.10 bits per heavy atom. The Morgan fingerprint density at radius 3 is 2.76 bits per heavy atom. The lowest BCUT2D eigenvalue weighted by Gasteiger charge is -2.14. The minimum Gasteiger partial charge on any atom is -0.338 e. The third-order valence-corrected chi connectivity index (χ3v) is 6.08. The predicted octanol–water partition coefficient (Wildman–Crippen LogP) is 3.92. The molecule has 29 heavy (non-hydrogen) atoms. The van der Waals surface area contributed by atoms with Crippen molar-refractivity contribution in [1.29, 1.82) is 0 Å². The third kappa shape index (κ3) is 4.22. The first-order valence-electron chi connectivity index (χ1n) is 12.7. The highest BCUT2D eigenvalue weighted by atomic mass is 32.2. The molecule has 3 aromatic rings. The van der Waals surface area contributed by atoms with Crippen LogP contribution in [0.25, 0.3) is 0 Å². The molecule has 10 heteroatoms. The fraction of sp³-hybridized carbons (Fsp3) is 0.211. The number of aryl methyl sites for hydroxylation is 2. The summed E-state index contributed by atoms with van der Waals surface area (Å²) >= 11 is 0.623. The Hall–Kier alpha value is -2.98. The van der Waals surface area contributed by atoms with Crippen LogP contribution in [-0.4, -0.2) is 25.3 Å². The number of carbonyl (C=O) groups is 2. The summed E-state index contributed by atoms with van der Waals surface area (Å²) < 4.78 is 109. The van der Waals surface area contributed by atoms with Crippen LogP contribution in [-0.2, 0) is 10.0 Å². The molecule has 2 N–H and O–H groups in total. The zero-order valence-corrected chi connectivity index (χ0v) is 16.2. The number of rotatable bonds is 6. The number of thiophene rings is 1. The number of Topliss-reactive ketones (excluding diaryl/α,β-unsaturated/α-hetero) is 1. The van der Waals surface area contributed by atoms with E-state index in [2.05, 4.69) is 10.5 Å². The summed E-state index contributed by atoms with van der Waals surface area (Å²) in [7, 11) is -4.52. The van der Waals surface area contributed by atoms with E-state index in [0.717, 1.165) is 6.07 Å². The molecule has 0 aliphatic heterocycles. The van der Waals surface area contributed by atoms with Crippen molar-refractivity contribution in [3.8, 4) is 0 Å². The molecule has 0 spiro atoms. The van der Waals surface area contributed by atoms with Crippen LogP contribution in [0.2, 0.25) is 0 Å². The first-order valence-corrected chi connectivity index (χ1v) is 10.1. The molecule has 0 saturated carbocycles. The van der Waals surface area contributed by atoms with E-state index in [0.29, 0.717) is 23.5 Å². The lowest BCUT2D eigenvalue weighted by atomic mass is 10.0. The summed E-state index contributed by atoms with van der Waals surface area (Å²) in [6.45, 7) is -8.05. The van der Waals surface area contributed by atoms with E-state index in [4.69, 9.17) is 18.2 Å². The summed E-state index contributed by atoms with van der Waals surface area (Å²) in [5, 5.41) is 6.65. The predicted molar refractivity (Wildman–Crippen MR) is 110 cm³/mol. The van der Waals surface area contributed by atoms with Gasteiger partial charge in [0.05, 0.1) is 13.2 Å². The van der Waals surface area contributed by atoms with Gasteiger partial charge in [0.15, 0.2) is 5.78 Å². The molecule has 0 atom stereocenters. The lowest BCUT2D eigenvalue weighted by Crippen LogP contribution is -2.20. The van der Waals surface area contributed by atoms with Gasteiger partial charge in [-0.3, -0.25) is 9.59 Å². The van der Waals surface area contributed by atoms with Gasteiger partial charge in [-0.1, -0.05) is 11.2 Å². The number of ketones is 1. The number of nitrogens with zero attached hydrogens (tertiary/aromatic N) is 1. The number of anilines is 2. The Balaban J connectivity index is 2.15. The van der Waals surface area contributed by atoms with Crippen LogP contribution in [0.4, 0.5) is 11.6 Å². The number of hydrogen-bond acceptors (Lipinski definition) is 7. The monoisotopic (exact) mass is 443 g/mol. The van der Waals surface area contributed by atoms with E-state index >= 15 is 0 Å². The van der Waals surface area contributed by atoms with Crippen molar-refractivity contribution in [2.75, 3.05) is 10.0 Å². The van der Waals surface area contributed by atoms with E-state index in [1.165, 1.54) is 12.3 Å². The van der Waals surface area contributed by atoms with E-state index in [9.17, 15) is 18.0 Å². The van der Waals surface area contributed by atoms with Gasteiger partial charge in [0.2, 0.25) is 5.88 Å². The highest BCUT2D eigenvalue weighted by Crippen LogP contribution is 2.29. The smallest absolute Gasteiger partial charge is 0.267 e. The average Bonchev–Trinajstić information content (AvgIpc) is 3.40. The molecule has 152 valence electrons. The van der Waals surface area contributed by atoms with Crippen LogP contribution >= 0.6 is 11.3 Å². The number of sulfonamides is 1. The van der Waals surface area contributed by atoms with Crippen molar-refractivity contribution in [3.05, 3.63) is 56.9 Å². The normalized spacial score (nSPS) is 17.7. The largest absolute Gasteiger partial charge is 0.338 e. The maximum absolute atomic E-state index is 13.2. The molecule has 0 unspecified atom stereocenters. The zero-order valence-electron chi connectivity index (χ0n) is 24.6. The minimum absolute atomic E-state index is 0.0595. The molecule has 2 aromatic heterocycles. The van der Waals surface area contributed by atoms with E-state index in [-0.39, 0.29) is 17.6 Å². The van der Waals surface area contributed by atoms with Gasteiger partial charge >= 0.3 is 0 Å². The number of hydrogen-bond donors (Lipinski definition) is 2. The van der Waals surface area contributed by atoms with Crippen molar-refractivity contribution in [2.45, 2.75) is 32.4 Å². The summed E-state index contributed by atoms with van der Waals surface area (Å²) in [5.41, 5.74) is -3.13. The fourth-order valence-corrected chi connectivity index (χ4v) is 4.70. The Bertz CT molecular complexity index is 1550. The SMILES string of the molecule is [2H]c1noc(NS(=O)(=O)c2ccsc2C(=O)Nc2c(C(=O)C([2H])([2H])[2H])cc(C([2H])([2H])[2H])cc2C([2H])([2H])[2H])c1C. The van der Waals surface area contributed by atoms with Crippen LogP contribution < -0.4 is 10.0 Å². The van der Waals surface area contributed by atoms with Gasteiger partial charge in [-0.15, -0.1) is 11.3 Å². The van der Waals surface area contributed by atoms with Crippen LogP contribution in [0, 0.1) is 20.6 Å². The van der Waals surface area contributed by atoms with Gasteiger partial charge in [-0.2, -0.15) is 0 Å². The number of carbonyl (C=O) groups excluding carboxylic acids is 2. The van der Waals surface area contributed by atoms with Gasteiger partial charge in [-0.25, -0.2) is 13.1 Å². The maximum atomic E-state index is 13.2. The molecule has 0 aliphatic rings. The standard InChI is InChI=1S/C19H19N3O5S2/c1-10-7-11(2)16(14(8-10)13(4)23)21-18(24)17-15(5-6-28-17)29(25,26)22-19-12(3)9-20-27-19/h5-9,22H,1-4H3,(H,21,24)/i1D3,2D3,4D3,9D.